The van der Waals surface area contributed by atoms with E-state index in [0.29, 0.717) is 21.6 Å². The number of rotatable bonds is 18. The number of ketones is 1. The lowest BCUT2D eigenvalue weighted by Gasteiger charge is -2.42. The van der Waals surface area contributed by atoms with Gasteiger partial charge in [-0.1, -0.05) is 105 Å². The van der Waals surface area contributed by atoms with Crippen molar-refractivity contribution in [1.82, 2.24) is 15.5 Å². The number of nitrogens with one attached hydrogen (secondary N) is 2. The molecule has 0 saturated carbocycles. The Bertz CT molecular complexity index is 1640. The van der Waals surface area contributed by atoms with E-state index in [-0.39, 0.29) is 44.8 Å². The summed E-state index contributed by atoms with van der Waals surface area (Å²) in [6.45, 7) is 3.26. The number of nitrogens with zero attached hydrogens (tertiary/aromatic N) is 1. The van der Waals surface area contributed by atoms with Gasteiger partial charge < -0.3 is 24.8 Å². The number of esters is 1. The van der Waals surface area contributed by atoms with Crippen LogP contribution in [0.5, 0.6) is 0 Å². The van der Waals surface area contributed by atoms with Crippen LogP contribution in [0, 0.1) is 5.92 Å². The summed E-state index contributed by atoms with van der Waals surface area (Å²) in [6, 6.07) is 24.6. The molecule has 3 aromatic rings. The molecule has 0 aliphatic carbocycles. The van der Waals surface area contributed by atoms with Crippen molar-refractivity contribution in [2.45, 2.75) is 76.0 Å². The normalized spacial score (nSPS) is 13.1. The van der Waals surface area contributed by atoms with Gasteiger partial charge in [-0.25, -0.2) is 14.5 Å². The second-order valence-electron chi connectivity index (χ2n) is 12.6. The number of hydrogen-bond donors (Lipinski definition) is 3. The lowest BCUT2D eigenvalue weighted by atomic mass is 9.78. The molecule has 4 amide bonds. The van der Waals surface area contributed by atoms with Crippen LogP contribution in [-0.4, -0.2) is 71.6 Å². The van der Waals surface area contributed by atoms with Gasteiger partial charge in [-0.05, 0) is 41.9 Å². The van der Waals surface area contributed by atoms with E-state index in [2.05, 4.69) is 23.3 Å². The summed E-state index contributed by atoms with van der Waals surface area (Å²) in [5.41, 5.74) is -0.858. The highest BCUT2D eigenvalue weighted by Crippen LogP contribution is 2.31. The Balaban J connectivity index is 2.16. The van der Waals surface area contributed by atoms with E-state index >= 15 is 4.79 Å². The number of likely N-dealkylation sites (N-methyl/N-ethyl adjacent to an activating group) is 1. The SMILES string of the molecule is CNC(=O)[C@@](Cc1ccccc1)(C(=O)[C@H](CC(C)C)NC(=O)OCc1ccccc1)N(C(=O)OCc1ccccc1)C(=O)C(S)CCCC(=O)OC. The average molecular weight is 734 g/mol. The lowest BCUT2D eigenvalue weighted by molar-refractivity contribution is -0.154. The maximum Gasteiger partial charge on any atom is 0.418 e. The van der Waals surface area contributed by atoms with Crippen LogP contribution in [-0.2, 0) is 53.0 Å². The Morgan fingerprint density at radius 1 is 0.788 bits per heavy atom. The predicted octanol–water partition coefficient (Wildman–Crippen LogP) is 5.43. The number of hydrogen-bond acceptors (Lipinski definition) is 10. The predicted molar refractivity (Wildman–Crippen MR) is 197 cm³/mol. The molecule has 12 nitrogen and oxygen atoms in total. The Kier molecular flexibility index (Phi) is 16.4. The van der Waals surface area contributed by atoms with Gasteiger partial charge in [0.05, 0.1) is 18.4 Å². The largest absolute Gasteiger partial charge is 0.469 e. The third-order valence-corrected chi connectivity index (χ3v) is 8.68. The van der Waals surface area contributed by atoms with Crippen molar-refractivity contribution < 1.29 is 43.0 Å². The Hall–Kier alpha value is -5.17. The highest BCUT2D eigenvalue weighted by molar-refractivity contribution is 7.81. The first-order valence-corrected chi connectivity index (χ1v) is 17.5. The molecule has 0 aliphatic heterocycles. The van der Waals surface area contributed by atoms with Crippen molar-refractivity contribution in [2.24, 2.45) is 5.92 Å². The molecule has 0 spiro atoms. The molecule has 0 aliphatic rings. The van der Waals surface area contributed by atoms with Gasteiger partial charge in [0.1, 0.15) is 13.2 Å². The molecule has 0 aromatic heterocycles. The molecule has 2 N–H and O–H groups in total. The van der Waals surface area contributed by atoms with E-state index in [1.807, 2.05) is 19.9 Å². The molecule has 3 rings (SSSR count). The molecule has 0 bridgehead atoms. The number of thiol groups is 1. The second-order valence-corrected chi connectivity index (χ2v) is 13.2. The molecule has 0 radical (unpaired) electrons. The van der Waals surface area contributed by atoms with Crippen molar-refractivity contribution in [3.8, 4) is 0 Å². The van der Waals surface area contributed by atoms with Crippen LogP contribution in [0.4, 0.5) is 9.59 Å². The molecule has 3 atom stereocenters. The summed E-state index contributed by atoms with van der Waals surface area (Å²) in [7, 11) is 2.52. The summed E-state index contributed by atoms with van der Waals surface area (Å²) in [5.74, 6) is -3.65. The minimum atomic E-state index is -2.59. The third-order valence-electron chi connectivity index (χ3n) is 8.20. The lowest BCUT2D eigenvalue weighted by Crippen LogP contribution is -2.71. The molecular formula is C39H47N3O9S. The fourth-order valence-corrected chi connectivity index (χ4v) is 5.90. The van der Waals surface area contributed by atoms with Gasteiger partial charge in [0.2, 0.25) is 5.91 Å². The first-order chi connectivity index (χ1) is 24.9. The summed E-state index contributed by atoms with van der Waals surface area (Å²) in [5, 5.41) is 3.85. The van der Waals surface area contributed by atoms with Crippen molar-refractivity contribution >= 4 is 48.4 Å². The number of imide groups is 1. The number of ether oxygens (including phenoxy) is 3. The van der Waals surface area contributed by atoms with E-state index < -0.39 is 59.0 Å². The molecule has 13 heteroatoms. The summed E-state index contributed by atoms with van der Waals surface area (Å²) >= 11 is 4.49. The van der Waals surface area contributed by atoms with Crippen LogP contribution in [0.1, 0.15) is 56.2 Å². The van der Waals surface area contributed by atoms with Crippen molar-refractivity contribution in [1.29, 1.82) is 0 Å². The summed E-state index contributed by atoms with van der Waals surface area (Å²) in [4.78, 5) is 84.0. The smallest absolute Gasteiger partial charge is 0.418 e. The van der Waals surface area contributed by atoms with Gasteiger partial charge in [0.15, 0.2) is 11.3 Å². The quantitative estimate of drug-likeness (QED) is 0.0671. The average Bonchev–Trinajstić information content (AvgIpc) is 3.15. The van der Waals surface area contributed by atoms with Crippen molar-refractivity contribution in [3.05, 3.63) is 108 Å². The Morgan fingerprint density at radius 2 is 1.31 bits per heavy atom. The van der Waals surface area contributed by atoms with Crippen LogP contribution in [0.15, 0.2) is 91.0 Å². The highest BCUT2D eigenvalue weighted by atomic mass is 32.1. The monoisotopic (exact) mass is 733 g/mol. The first-order valence-electron chi connectivity index (χ1n) is 17.0. The van der Waals surface area contributed by atoms with E-state index in [1.165, 1.54) is 14.2 Å². The molecular weight excluding hydrogens is 687 g/mol. The maximum absolute atomic E-state index is 15.2. The minimum absolute atomic E-state index is 0.0116. The zero-order valence-electron chi connectivity index (χ0n) is 29.9. The molecule has 52 heavy (non-hydrogen) atoms. The van der Waals surface area contributed by atoms with E-state index in [0.717, 1.165) is 0 Å². The number of methoxy groups -OCH3 is 1. The number of amides is 4. The van der Waals surface area contributed by atoms with Crippen LogP contribution < -0.4 is 10.6 Å². The number of benzene rings is 3. The minimum Gasteiger partial charge on any atom is -0.469 e. The molecule has 3 aromatic carbocycles. The fourth-order valence-electron chi connectivity index (χ4n) is 5.60. The highest BCUT2D eigenvalue weighted by Gasteiger charge is 2.58. The molecule has 0 fully saturated rings. The van der Waals surface area contributed by atoms with Crippen LogP contribution in [0.3, 0.4) is 0 Å². The molecule has 1 unspecified atom stereocenters. The third kappa shape index (κ3) is 11.7. The molecule has 0 saturated heterocycles. The van der Waals surface area contributed by atoms with E-state index in [4.69, 9.17) is 14.2 Å². The van der Waals surface area contributed by atoms with Crippen molar-refractivity contribution in [2.75, 3.05) is 14.2 Å². The number of Topliss-reactive ketones (excluding diaryl/α,β-unsaturated/α-hetero) is 1. The number of carbonyl (C=O) groups excluding carboxylic acids is 6. The maximum atomic E-state index is 15.2. The number of carbonyl (C=O) groups is 6. The van der Waals surface area contributed by atoms with E-state index in [9.17, 15) is 24.0 Å². The van der Waals surface area contributed by atoms with Crippen molar-refractivity contribution in [3.63, 3.8) is 0 Å². The number of alkyl carbamates (subject to hydrolysis) is 1. The van der Waals surface area contributed by atoms with Crippen LogP contribution >= 0.6 is 12.6 Å². The van der Waals surface area contributed by atoms with Gasteiger partial charge in [-0.3, -0.25) is 19.2 Å². The Morgan fingerprint density at radius 3 is 1.81 bits per heavy atom. The van der Waals surface area contributed by atoms with Gasteiger partial charge in [-0.15, -0.1) is 0 Å². The van der Waals surface area contributed by atoms with Crippen LogP contribution in [0.25, 0.3) is 0 Å². The Labute approximate surface area is 310 Å². The molecule has 278 valence electrons. The standard InChI is InChI=1S/C39H47N3O9S/c1-27(2)23-31(41-37(47)50-25-29-17-10-6-11-18-29)34(44)39(36(46)40-3,24-28-15-8-5-9-16-28)42(35(45)32(52)21-14-22-33(43)49-4)38(48)51-26-30-19-12-7-13-20-30/h5-13,15-20,27,31-32,52H,14,21-26H2,1-4H3,(H,40,46)(H,41,47)/t31-,32?,39+/m0/s1. The van der Waals surface area contributed by atoms with Gasteiger partial charge in [0, 0.05) is 19.9 Å². The summed E-state index contributed by atoms with van der Waals surface area (Å²) < 4.78 is 15.8. The molecule has 0 heterocycles. The zero-order chi connectivity index (χ0) is 38.1. The van der Waals surface area contributed by atoms with Gasteiger partial charge in [-0.2, -0.15) is 12.6 Å². The second kappa shape index (κ2) is 20.6. The topological polar surface area (TPSA) is 157 Å². The zero-order valence-corrected chi connectivity index (χ0v) is 30.8. The fraction of sp³-hybridized carbons (Fsp3) is 0.385. The van der Waals surface area contributed by atoms with E-state index in [1.54, 1.807) is 84.9 Å². The van der Waals surface area contributed by atoms with Gasteiger partial charge in [0.25, 0.3) is 5.91 Å². The van der Waals surface area contributed by atoms with Crippen LogP contribution in [0.2, 0.25) is 0 Å². The van der Waals surface area contributed by atoms with Gasteiger partial charge >= 0.3 is 18.2 Å². The summed E-state index contributed by atoms with van der Waals surface area (Å²) in [6.07, 6.45) is -2.54. The first kappa shape index (κ1) is 41.3.